The number of aryl methyl sites for hydroxylation is 1. The molecule has 3 N–H and O–H groups in total. The van der Waals surface area contributed by atoms with Gasteiger partial charge in [0.05, 0.1) is 106 Å². The van der Waals surface area contributed by atoms with E-state index in [2.05, 4.69) is 66.9 Å². The van der Waals surface area contributed by atoms with Gasteiger partial charge in [-0.1, -0.05) is 52.1 Å². The number of fused-ring (bicyclic) bond motifs is 4. The van der Waals surface area contributed by atoms with E-state index in [1.165, 1.54) is 7.11 Å². The van der Waals surface area contributed by atoms with Gasteiger partial charge in [-0.15, -0.1) is 0 Å². The maximum atomic E-state index is 13.6. The van der Waals surface area contributed by atoms with Crippen molar-refractivity contribution in [3.05, 3.63) is 100 Å². The zero-order valence-electron chi connectivity index (χ0n) is 42.5. The summed E-state index contributed by atoms with van der Waals surface area (Å²) in [4.78, 5) is 75.6. The number of amides is 5. The Morgan fingerprint density at radius 2 is 1.19 bits per heavy atom. The Labute approximate surface area is 445 Å². The van der Waals surface area contributed by atoms with Gasteiger partial charge in [-0.25, -0.2) is 0 Å². The molecule has 2 fully saturated rings. The van der Waals surface area contributed by atoms with Gasteiger partial charge in [0, 0.05) is 69.1 Å². The molecule has 3 aromatic rings. The van der Waals surface area contributed by atoms with Crippen LogP contribution < -0.4 is 30.2 Å². The molecule has 0 bridgehead atoms. The van der Waals surface area contributed by atoms with E-state index >= 15 is 0 Å². The van der Waals surface area contributed by atoms with E-state index in [4.69, 9.17) is 33.2 Å². The van der Waals surface area contributed by atoms with Crippen LogP contribution in [0.15, 0.2) is 76.8 Å². The Morgan fingerprint density at radius 1 is 0.653 bits per heavy atom. The van der Waals surface area contributed by atoms with Crippen molar-refractivity contribution in [1.29, 1.82) is 0 Å². The van der Waals surface area contributed by atoms with Gasteiger partial charge in [0.25, 0.3) is 11.8 Å². The highest BCUT2D eigenvalue weighted by molar-refractivity contribution is 9.09. The normalized spacial score (nSPS) is 16.3. The van der Waals surface area contributed by atoms with Crippen molar-refractivity contribution in [2.24, 2.45) is 9.98 Å². The summed E-state index contributed by atoms with van der Waals surface area (Å²) < 4.78 is 40.5. The first-order valence-electron chi connectivity index (χ1n) is 24.8. The monoisotopic (exact) mass is 1090 g/mol. The highest BCUT2D eigenvalue weighted by Gasteiger charge is 2.35. The van der Waals surface area contributed by atoms with Crippen molar-refractivity contribution >= 4 is 69.3 Å². The van der Waals surface area contributed by atoms with Crippen LogP contribution in [0.2, 0.25) is 0 Å². The molecule has 2 saturated heterocycles. The number of nitrogens with zero attached hydrogens (tertiary/aromatic N) is 4. The lowest BCUT2D eigenvalue weighted by Crippen LogP contribution is -2.35. The van der Waals surface area contributed by atoms with Crippen LogP contribution >= 0.6 is 15.9 Å². The quantitative estimate of drug-likeness (QED) is 0.0395. The zero-order valence-corrected chi connectivity index (χ0v) is 44.1. The molecule has 3 aromatic carbocycles. The minimum atomic E-state index is -0.213. The first-order chi connectivity index (χ1) is 36.4. The average Bonchev–Trinajstić information content (AvgIpc) is 3.92. The van der Waals surface area contributed by atoms with Gasteiger partial charge in [0.1, 0.15) is 19.0 Å². The molecule has 0 saturated carbocycles. The molecule has 0 radical (unpaired) electrons. The molecule has 4 heterocycles. The molecule has 75 heavy (non-hydrogen) atoms. The van der Waals surface area contributed by atoms with Gasteiger partial charge in [-0.05, 0) is 66.8 Å². The number of hydrogen-bond acceptors (Lipinski definition) is 14. The number of methoxy groups -OCH3 is 1. The van der Waals surface area contributed by atoms with Crippen LogP contribution in [0.5, 0.6) is 17.2 Å². The summed E-state index contributed by atoms with van der Waals surface area (Å²) in [5.74, 6) is 6.84. The number of aliphatic imine (C=N–C) groups is 2. The molecule has 0 aromatic heterocycles. The Bertz CT molecular complexity index is 2730. The highest BCUT2D eigenvalue weighted by Crippen LogP contribution is 2.39. The van der Waals surface area contributed by atoms with Crippen molar-refractivity contribution < 1.29 is 57.1 Å². The third-order valence-corrected chi connectivity index (χ3v) is 12.8. The third kappa shape index (κ3) is 16.3. The summed E-state index contributed by atoms with van der Waals surface area (Å²) in [6.45, 7) is 14.8. The van der Waals surface area contributed by atoms with E-state index < -0.39 is 0 Å². The lowest BCUT2D eigenvalue weighted by atomic mass is 10.1. The SMILES string of the molecule is C=C1C[C@H]2C=Nc3cc(OCc4cc(C#CCNC(=O)CCOCCOCCOCCOCCNC(=O)CCNC(=O)CBr)cc(COc5cc6c(cc5OC)C(=O)N5CC(=C)C[C@H]5C=N6)c4)c(C)cc3C(=O)N2C1. The van der Waals surface area contributed by atoms with Crippen LogP contribution in [-0.2, 0) is 46.5 Å². The number of benzene rings is 3. The summed E-state index contributed by atoms with van der Waals surface area (Å²) in [5.41, 5.74) is 6.99. The third-order valence-electron chi connectivity index (χ3n) is 12.3. The molecule has 4 aliphatic heterocycles. The summed E-state index contributed by atoms with van der Waals surface area (Å²) in [6, 6.07) is 12.5. The molecule has 20 heteroatoms. The number of ether oxygens (including phenoxy) is 7. The lowest BCUT2D eigenvalue weighted by molar-refractivity contribution is -0.123. The molecule has 0 unspecified atom stereocenters. The predicted molar refractivity (Wildman–Crippen MR) is 285 cm³/mol. The maximum Gasteiger partial charge on any atom is 0.257 e. The molecule has 0 aliphatic carbocycles. The van der Waals surface area contributed by atoms with Crippen LogP contribution in [0.1, 0.15) is 68.7 Å². The molecule has 398 valence electrons. The highest BCUT2D eigenvalue weighted by atomic mass is 79.9. The first-order valence-corrected chi connectivity index (χ1v) is 26.0. The molecule has 7 rings (SSSR count). The maximum absolute atomic E-state index is 13.6. The predicted octanol–water partition coefficient (Wildman–Crippen LogP) is 5.08. The number of halogens is 1. The fourth-order valence-corrected chi connectivity index (χ4v) is 8.76. The second kappa shape index (κ2) is 28.1. The van der Waals surface area contributed by atoms with Crippen molar-refractivity contribution in [3.8, 4) is 29.1 Å². The van der Waals surface area contributed by atoms with Crippen molar-refractivity contribution in [2.45, 2.75) is 57.9 Å². The summed E-state index contributed by atoms with van der Waals surface area (Å²) in [5, 5.41) is 8.36. The smallest absolute Gasteiger partial charge is 0.257 e. The van der Waals surface area contributed by atoms with Gasteiger partial charge in [-0.2, -0.15) is 0 Å². The van der Waals surface area contributed by atoms with Gasteiger partial charge in [0.2, 0.25) is 17.7 Å². The summed E-state index contributed by atoms with van der Waals surface area (Å²) in [7, 11) is 1.52. The minimum absolute atomic E-state index is 0.0801. The molecule has 5 amide bonds. The molecular weight excluding hydrogens is 1030 g/mol. The number of alkyl halides is 1. The second-order valence-electron chi connectivity index (χ2n) is 18.1. The summed E-state index contributed by atoms with van der Waals surface area (Å²) in [6.07, 6.45) is 5.30. The van der Waals surface area contributed by atoms with E-state index in [9.17, 15) is 24.0 Å². The molecule has 4 aliphatic rings. The molecular formula is C55H64BrN7O12. The minimum Gasteiger partial charge on any atom is -0.493 e. The van der Waals surface area contributed by atoms with Crippen LogP contribution in [0.25, 0.3) is 0 Å². The largest absolute Gasteiger partial charge is 0.493 e. The van der Waals surface area contributed by atoms with Gasteiger partial charge >= 0.3 is 0 Å². The average molecular weight is 1100 g/mol. The second-order valence-corrected chi connectivity index (χ2v) is 18.7. The van der Waals surface area contributed by atoms with Gasteiger partial charge in [-0.3, -0.25) is 34.0 Å². The van der Waals surface area contributed by atoms with Gasteiger partial charge in [0.15, 0.2) is 11.5 Å². The Hall–Kier alpha value is -6.89. The number of nitrogens with one attached hydrogen (secondary N) is 3. The molecule has 2 atom stereocenters. The van der Waals surface area contributed by atoms with Crippen LogP contribution in [0, 0.1) is 18.8 Å². The van der Waals surface area contributed by atoms with Gasteiger partial charge < -0.3 is 58.9 Å². The van der Waals surface area contributed by atoms with Crippen molar-refractivity contribution in [3.63, 3.8) is 0 Å². The van der Waals surface area contributed by atoms with Crippen LogP contribution in [0.3, 0.4) is 0 Å². The Morgan fingerprint density at radius 3 is 1.79 bits per heavy atom. The number of hydrogen-bond donors (Lipinski definition) is 3. The number of rotatable bonds is 27. The fourth-order valence-electron chi connectivity index (χ4n) is 8.56. The number of carbonyl (C=O) groups excluding carboxylic acids is 5. The lowest BCUT2D eigenvalue weighted by Gasteiger charge is -2.20. The van der Waals surface area contributed by atoms with Crippen LogP contribution in [-0.4, -0.2) is 162 Å². The Balaban J connectivity index is 0.873. The fraction of sp³-hybridized carbons (Fsp3) is 0.436. The van der Waals surface area contributed by atoms with Crippen molar-refractivity contribution in [1.82, 2.24) is 25.8 Å². The van der Waals surface area contributed by atoms with E-state index in [1.54, 1.807) is 34.2 Å². The topological polar surface area (TPSA) is 217 Å². The molecule has 0 spiro atoms. The van der Waals surface area contributed by atoms with Crippen molar-refractivity contribution in [2.75, 3.05) is 98.0 Å². The van der Waals surface area contributed by atoms with E-state index in [1.807, 2.05) is 37.4 Å². The van der Waals surface area contributed by atoms with E-state index in [0.717, 1.165) is 27.8 Å². The first kappa shape index (κ1) is 55.9. The van der Waals surface area contributed by atoms with Crippen LogP contribution in [0.4, 0.5) is 11.4 Å². The zero-order chi connectivity index (χ0) is 53.1. The standard InChI is InChI=1S/C55H64BrN7O12/c1-36-20-42-30-60-46-27-48(38(3)22-44(46)54(67)62(42)32-36)74-34-40-23-39(24-41(25-40)35-75-50-28-47-45(26-49(50)69-4)55(68)63-33-37(2)21-43(63)31-61-47)6-5-9-57-52(65)8-12-70-14-16-72-18-19-73-17-15-71-13-11-59-51(64)7-10-58-53(66)29-56/h22-28,30-31,42-43H,1-2,7-21,29,32-35H2,3-4H3,(H,57,65)(H,58,66)(H,59,64)/t42-,43-/m0/s1. The van der Waals surface area contributed by atoms with E-state index in [0.29, 0.717) is 124 Å². The number of carbonyl (C=O) groups is 5. The molecule has 19 nitrogen and oxygen atoms in total. The Kier molecular flexibility index (Phi) is 20.9. The van der Waals surface area contributed by atoms with E-state index in [-0.39, 0.29) is 92.7 Å². The summed E-state index contributed by atoms with van der Waals surface area (Å²) >= 11 is 3.05.